The van der Waals surface area contributed by atoms with Crippen molar-refractivity contribution < 1.29 is 8.42 Å². The van der Waals surface area contributed by atoms with Crippen molar-refractivity contribution in [1.29, 1.82) is 0 Å². The summed E-state index contributed by atoms with van der Waals surface area (Å²) in [5.41, 5.74) is 0.0741. The van der Waals surface area contributed by atoms with Crippen LogP contribution in [0.3, 0.4) is 0 Å². The van der Waals surface area contributed by atoms with Gasteiger partial charge in [0, 0.05) is 30.7 Å². The quantitative estimate of drug-likeness (QED) is 0.801. The molecule has 1 aliphatic carbocycles. The minimum absolute atomic E-state index is 0.128. The summed E-state index contributed by atoms with van der Waals surface area (Å²) >= 11 is 0. The third-order valence-corrected chi connectivity index (χ3v) is 7.04. The molecule has 0 aromatic rings. The average molecular weight is 272 g/mol. The first-order valence-corrected chi connectivity index (χ1v) is 8.86. The lowest BCUT2D eigenvalue weighted by Gasteiger charge is -2.48. The molecule has 3 aliphatic rings. The lowest BCUT2D eigenvalue weighted by atomic mass is 9.88. The van der Waals surface area contributed by atoms with E-state index >= 15 is 0 Å². The standard InChI is InChI=1S/C13H24N2O2S/c1-12(5-8-18(16,17)10-12)15-7-6-14-13(2,9-15)11-3-4-11/h11,14H,3-10H2,1-2H3. The lowest BCUT2D eigenvalue weighted by molar-refractivity contribution is 0.0471. The number of sulfone groups is 1. The summed E-state index contributed by atoms with van der Waals surface area (Å²) in [6.07, 6.45) is 3.45. The maximum atomic E-state index is 11.8. The second-order valence-electron chi connectivity index (χ2n) is 6.88. The predicted octanol–water partition coefficient (Wildman–Crippen LogP) is 0.638. The first-order chi connectivity index (χ1) is 8.33. The Hall–Kier alpha value is -0.130. The molecule has 2 atom stereocenters. The Morgan fingerprint density at radius 1 is 1.28 bits per heavy atom. The molecule has 104 valence electrons. The van der Waals surface area contributed by atoms with Gasteiger partial charge in [-0.2, -0.15) is 0 Å². The summed E-state index contributed by atoms with van der Waals surface area (Å²) in [6, 6.07) is 0. The molecular weight excluding hydrogens is 248 g/mol. The molecule has 2 unspecified atom stereocenters. The third kappa shape index (κ3) is 2.21. The zero-order valence-corrected chi connectivity index (χ0v) is 12.2. The van der Waals surface area contributed by atoms with Crippen molar-refractivity contribution in [2.75, 3.05) is 31.1 Å². The van der Waals surface area contributed by atoms with Crippen LogP contribution in [0.1, 0.15) is 33.1 Å². The molecule has 0 aromatic carbocycles. The van der Waals surface area contributed by atoms with Gasteiger partial charge in [0.15, 0.2) is 9.84 Å². The second kappa shape index (κ2) is 3.93. The Morgan fingerprint density at radius 3 is 2.56 bits per heavy atom. The van der Waals surface area contributed by atoms with Crippen LogP contribution >= 0.6 is 0 Å². The van der Waals surface area contributed by atoms with Crippen molar-refractivity contribution in [3.8, 4) is 0 Å². The van der Waals surface area contributed by atoms with E-state index < -0.39 is 9.84 Å². The van der Waals surface area contributed by atoms with Gasteiger partial charge in [0.25, 0.3) is 0 Å². The molecule has 2 saturated heterocycles. The number of nitrogens with one attached hydrogen (secondary N) is 1. The van der Waals surface area contributed by atoms with E-state index in [9.17, 15) is 8.42 Å². The van der Waals surface area contributed by atoms with E-state index in [1.54, 1.807) is 0 Å². The molecule has 1 N–H and O–H groups in total. The molecule has 5 heteroatoms. The number of rotatable bonds is 2. The highest BCUT2D eigenvalue weighted by molar-refractivity contribution is 7.91. The molecule has 0 aromatic heterocycles. The zero-order chi connectivity index (χ0) is 13.0. The Morgan fingerprint density at radius 2 is 2.00 bits per heavy atom. The number of hydrogen-bond donors (Lipinski definition) is 1. The van der Waals surface area contributed by atoms with Crippen molar-refractivity contribution in [3.63, 3.8) is 0 Å². The van der Waals surface area contributed by atoms with E-state index in [1.807, 2.05) is 0 Å². The maximum absolute atomic E-state index is 11.8. The minimum atomic E-state index is -2.81. The van der Waals surface area contributed by atoms with Gasteiger partial charge in [0.1, 0.15) is 0 Å². The van der Waals surface area contributed by atoms with Gasteiger partial charge in [-0.25, -0.2) is 8.42 Å². The third-order valence-electron chi connectivity index (χ3n) is 5.15. The molecule has 3 fully saturated rings. The first kappa shape index (κ1) is 12.9. The van der Waals surface area contributed by atoms with E-state index in [-0.39, 0.29) is 11.1 Å². The molecule has 4 nitrogen and oxygen atoms in total. The molecule has 0 spiro atoms. The van der Waals surface area contributed by atoms with Crippen LogP contribution in [0.4, 0.5) is 0 Å². The highest BCUT2D eigenvalue weighted by atomic mass is 32.2. The van der Waals surface area contributed by atoms with Crippen LogP contribution < -0.4 is 5.32 Å². The van der Waals surface area contributed by atoms with Crippen molar-refractivity contribution in [1.82, 2.24) is 10.2 Å². The summed E-state index contributed by atoms with van der Waals surface area (Å²) in [6.45, 7) is 7.42. The van der Waals surface area contributed by atoms with Gasteiger partial charge in [-0.3, -0.25) is 4.90 Å². The summed E-state index contributed by atoms with van der Waals surface area (Å²) in [5.74, 6) is 1.51. The van der Waals surface area contributed by atoms with Gasteiger partial charge < -0.3 is 5.32 Å². The molecule has 0 bridgehead atoms. The SMILES string of the molecule is CC1(C2CC2)CN(C2(C)CCS(=O)(=O)C2)CCN1. The summed E-state index contributed by atoms with van der Waals surface area (Å²) in [4.78, 5) is 2.44. The van der Waals surface area contributed by atoms with Gasteiger partial charge in [-0.1, -0.05) is 0 Å². The van der Waals surface area contributed by atoms with Crippen molar-refractivity contribution in [2.24, 2.45) is 5.92 Å². The van der Waals surface area contributed by atoms with Gasteiger partial charge in [0.05, 0.1) is 11.5 Å². The van der Waals surface area contributed by atoms with Gasteiger partial charge in [-0.15, -0.1) is 0 Å². The number of nitrogens with zero attached hydrogens (tertiary/aromatic N) is 1. The van der Waals surface area contributed by atoms with E-state index in [0.717, 1.165) is 32.0 Å². The van der Waals surface area contributed by atoms with E-state index in [0.29, 0.717) is 11.5 Å². The topological polar surface area (TPSA) is 49.4 Å². The molecule has 0 amide bonds. The second-order valence-corrected chi connectivity index (χ2v) is 9.06. The highest BCUT2D eigenvalue weighted by Crippen LogP contribution is 2.42. The van der Waals surface area contributed by atoms with E-state index in [4.69, 9.17) is 0 Å². The number of piperazine rings is 1. The fraction of sp³-hybridized carbons (Fsp3) is 1.00. The Balaban J connectivity index is 1.76. The predicted molar refractivity (Wildman–Crippen MR) is 72.4 cm³/mol. The van der Waals surface area contributed by atoms with Crippen LogP contribution in [0.5, 0.6) is 0 Å². The number of hydrogen-bond acceptors (Lipinski definition) is 4. The van der Waals surface area contributed by atoms with Crippen molar-refractivity contribution in [3.05, 3.63) is 0 Å². The molecule has 3 rings (SSSR count). The van der Waals surface area contributed by atoms with Crippen LogP contribution in [-0.4, -0.2) is 55.5 Å². The Kier molecular flexibility index (Phi) is 2.81. The molecule has 0 radical (unpaired) electrons. The molecule has 1 saturated carbocycles. The van der Waals surface area contributed by atoms with Gasteiger partial charge in [-0.05, 0) is 39.0 Å². The van der Waals surface area contributed by atoms with E-state index in [1.165, 1.54) is 12.8 Å². The summed E-state index contributed by atoms with van der Waals surface area (Å²) in [7, 11) is -2.81. The van der Waals surface area contributed by atoms with Crippen LogP contribution in [0.2, 0.25) is 0 Å². The summed E-state index contributed by atoms with van der Waals surface area (Å²) < 4.78 is 23.5. The van der Waals surface area contributed by atoms with Crippen LogP contribution in [0.25, 0.3) is 0 Å². The largest absolute Gasteiger partial charge is 0.309 e. The molecule has 2 heterocycles. The molecular formula is C13H24N2O2S. The van der Waals surface area contributed by atoms with Gasteiger partial charge >= 0.3 is 0 Å². The fourth-order valence-electron chi connectivity index (χ4n) is 3.71. The highest BCUT2D eigenvalue weighted by Gasteiger charge is 2.49. The van der Waals surface area contributed by atoms with Crippen LogP contribution in [0.15, 0.2) is 0 Å². The van der Waals surface area contributed by atoms with Gasteiger partial charge in [0.2, 0.25) is 0 Å². The minimum Gasteiger partial charge on any atom is -0.309 e. The van der Waals surface area contributed by atoms with Crippen molar-refractivity contribution in [2.45, 2.75) is 44.2 Å². The van der Waals surface area contributed by atoms with Crippen molar-refractivity contribution >= 4 is 9.84 Å². The van der Waals surface area contributed by atoms with Crippen LogP contribution in [-0.2, 0) is 9.84 Å². The fourth-order valence-corrected chi connectivity index (χ4v) is 5.87. The monoisotopic (exact) mass is 272 g/mol. The average Bonchev–Trinajstić information content (AvgIpc) is 3.07. The summed E-state index contributed by atoms with van der Waals surface area (Å²) in [5, 5.41) is 3.66. The smallest absolute Gasteiger partial charge is 0.152 e. The zero-order valence-electron chi connectivity index (χ0n) is 11.4. The lowest BCUT2D eigenvalue weighted by Crippen LogP contribution is -2.65. The Bertz CT molecular complexity index is 446. The normalized spacial score (nSPS) is 45.2. The Labute approximate surface area is 110 Å². The molecule has 2 aliphatic heterocycles. The first-order valence-electron chi connectivity index (χ1n) is 7.04. The maximum Gasteiger partial charge on any atom is 0.152 e. The van der Waals surface area contributed by atoms with E-state index in [2.05, 4.69) is 24.1 Å². The molecule has 18 heavy (non-hydrogen) atoms. The van der Waals surface area contributed by atoms with Crippen LogP contribution in [0, 0.1) is 5.92 Å².